The van der Waals surface area contributed by atoms with E-state index in [4.69, 9.17) is 5.73 Å². The molecule has 0 spiro atoms. The number of hydrogen-bond acceptors (Lipinski definition) is 4. The maximum atomic E-state index is 12.2. The first kappa shape index (κ1) is 19.5. The Hall–Kier alpha value is -2.83. The number of rotatable bonds is 11. The van der Waals surface area contributed by atoms with Crippen LogP contribution < -0.4 is 16.4 Å². The van der Waals surface area contributed by atoms with Crippen molar-refractivity contribution < 1.29 is 9.59 Å². The number of hydrogen-bond donors (Lipinski definition) is 3. The van der Waals surface area contributed by atoms with Crippen molar-refractivity contribution in [2.75, 3.05) is 18.4 Å². The maximum Gasteiger partial charge on any atom is 0.253 e. The number of unbranched alkanes of at least 4 members (excludes halogenated alkanes) is 2. The zero-order valence-corrected chi connectivity index (χ0v) is 15.2. The van der Waals surface area contributed by atoms with Gasteiger partial charge in [0.15, 0.2) is 0 Å². The van der Waals surface area contributed by atoms with Crippen molar-refractivity contribution in [3.8, 4) is 0 Å². The fraction of sp³-hybridized carbons (Fsp3) is 0.421. The van der Waals surface area contributed by atoms with Crippen LogP contribution in [0.5, 0.6) is 0 Å². The quantitative estimate of drug-likeness (QED) is 0.536. The number of benzene rings is 1. The Morgan fingerprint density at radius 1 is 1.15 bits per heavy atom. The van der Waals surface area contributed by atoms with Crippen LogP contribution in [-0.2, 0) is 11.3 Å². The number of carbonyl (C=O) groups is 2. The van der Waals surface area contributed by atoms with E-state index in [0.717, 1.165) is 38.0 Å². The molecule has 0 atom stereocenters. The molecular weight excluding hydrogens is 330 g/mol. The number of aryl methyl sites for hydroxylation is 2. The Kier molecular flexibility index (Phi) is 7.67. The molecule has 0 radical (unpaired) electrons. The van der Waals surface area contributed by atoms with E-state index in [0.29, 0.717) is 5.56 Å². The van der Waals surface area contributed by atoms with Crippen molar-refractivity contribution in [3.63, 3.8) is 0 Å². The number of amides is 2. The van der Waals surface area contributed by atoms with E-state index >= 15 is 0 Å². The lowest BCUT2D eigenvalue weighted by Crippen LogP contribution is -2.28. The molecule has 0 saturated heterocycles. The number of primary amides is 1. The van der Waals surface area contributed by atoms with E-state index in [-0.39, 0.29) is 18.9 Å². The van der Waals surface area contributed by atoms with Crippen molar-refractivity contribution >= 4 is 17.5 Å². The second kappa shape index (κ2) is 10.2. The van der Waals surface area contributed by atoms with Gasteiger partial charge in [0, 0.05) is 37.9 Å². The average molecular weight is 357 g/mol. The van der Waals surface area contributed by atoms with Gasteiger partial charge in [0.05, 0.1) is 11.8 Å². The molecule has 0 fully saturated rings. The highest BCUT2D eigenvalue weighted by atomic mass is 16.2. The lowest BCUT2D eigenvalue weighted by Gasteiger charge is -2.12. The van der Waals surface area contributed by atoms with Crippen LogP contribution in [0.15, 0.2) is 36.7 Å². The van der Waals surface area contributed by atoms with Gasteiger partial charge in [-0.3, -0.25) is 14.3 Å². The van der Waals surface area contributed by atoms with Crippen molar-refractivity contribution in [3.05, 3.63) is 47.8 Å². The Morgan fingerprint density at radius 2 is 1.96 bits per heavy atom. The molecule has 26 heavy (non-hydrogen) atoms. The molecule has 7 nitrogen and oxygen atoms in total. The van der Waals surface area contributed by atoms with Crippen LogP contribution in [0.3, 0.4) is 0 Å². The molecule has 2 amide bonds. The summed E-state index contributed by atoms with van der Waals surface area (Å²) in [5, 5.41) is 10.3. The van der Waals surface area contributed by atoms with Crippen LogP contribution in [0.2, 0.25) is 0 Å². The molecule has 4 N–H and O–H groups in total. The number of aromatic nitrogens is 2. The Balaban J connectivity index is 1.71. The summed E-state index contributed by atoms with van der Waals surface area (Å²) in [7, 11) is 0. The molecule has 2 rings (SSSR count). The van der Waals surface area contributed by atoms with Crippen molar-refractivity contribution in [2.24, 2.45) is 5.73 Å². The first-order valence-electron chi connectivity index (χ1n) is 8.94. The first-order chi connectivity index (χ1) is 12.6. The predicted molar refractivity (Wildman–Crippen MR) is 102 cm³/mol. The standard InChI is InChI=1S/C19H27N5O2/c1-15-13-23-24(14-15)12-6-2-5-10-21-17-8-4-3-7-16(17)19(26)22-11-9-18(20)25/h3-4,7-8,13-14,21H,2,5-6,9-12H2,1H3,(H2,20,25)(H,22,26). The molecule has 1 aromatic carbocycles. The molecule has 140 valence electrons. The SMILES string of the molecule is Cc1cnn(CCCCCNc2ccccc2C(=O)NCCC(N)=O)c1. The maximum absolute atomic E-state index is 12.2. The lowest BCUT2D eigenvalue weighted by atomic mass is 10.1. The van der Waals surface area contributed by atoms with E-state index in [1.165, 1.54) is 5.56 Å². The third kappa shape index (κ3) is 6.58. The molecular formula is C19H27N5O2. The Labute approximate surface area is 154 Å². The summed E-state index contributed by atoms with van der Waals surface area (Å²) in [4.78, 5) is 23.0. The molecule has 0 aliphatic carbocycles. The fourth-order valence-electron chi connectivity index (χ4n) is 2.62. The topological polar surface area (TPSA) is 102 Å². The van der Waals surface area contributed by atoms with Gasteiger partial charge in [0.2, 0.25) is 5.91 Å². The molecule has 1 aromatic heterocycles. The molecule has 2 aromatic rings. The van der Waals surface area contributed by atoms with Gasteiger partial charge in [-0.05, 0) is 43.9 Å². The van der Waals surface area contributed by atoms with E-state index in [1.54, 1.807) is 6.07 Å². The van der Waals surface area contributed by atoms with Crippen molar-refractivity contribution in [1.82, 2.24) is 15.1 Å². The van der Waals surface area contributed by atoms with Gasteiger partial charge in [-0.15, -0.1) is 0 Å². The van der Waals surface area contributed by atoms with Crippen LogP contribution >= 0.6 is 0 Å². The van der Waals surface area contributed by atoms with Crippen LogP contribution in [0, 0.1) is 6.92 Å². The minimum absolute atomic E-state index is 0.136. The first-order valence-corrected chi connectivity index (χ1v) is 8.94. The van der Waals surface area contributed by atoms with Crippen molar-refractivity contribution in [1.29, 1.82) is 0 Å². The zero-order valence-electron chi connectivity index (χ0n) is 15.2. The summed E-state index contributed by atoms with van der Waals surface area (Å²) in [5.74, 6) is -0.634. The summed E-state index contributed by atoms with van der Waals surface area (Å²) in [5.41, 5.74) is 7.63. The third-order valence-electron chi connectivity index (χ3n) is 3.97. The van der Waals surface area contributed by atoms with Crippen molar-refractivity contribution in [2.45, 2.75) is 39.2 Å². The summed E-state index contributed by atoms with van der Waals surface area (Å²) in [6.07, 6.45) is 7.21. The van der Waals surface area contributed by atoms with Gasteiger partial charge >= 0.3 is 0 Å². The third-order valence-corrected chi connectivity index (χ3v) is 3.97. The zero-order chi connectivity index (χ0) is 18.8. The van der Waals surface area contributed by atoms with Crippen LogP contribution in [0.25, 0.3) is 0 Å². The van der Waals surface area contributed by atoms with Crippen LogP contribution in [0.1, 0.15) is 41.6 Å². The highest BCUT2D eigenvalue weighted by Gasteiger charge is 2.10. The van der Waals surface area contributed by atoms with Gasteiger partial charge in [-0.2, -0.15) is 5.10 Å². The second-order valence-electron chi connectivity index (χ2n) is 6.29. The minimum Gasteiger partial charge on any atom is -0.384 e. The Morgan fingerprint density at radius 3 is 2.69 bits per heavy atom. The van der Waals surface area contributed by atoms with Gasteiger partial charge in [-0.25, -0.2) is 0 Å². The summed E-state index contributed by atoms with van der Waals surface area (Å²) in [6, 6.07) is 7.36. The minimum atomic E-state index is -0.429. The highest BCUT2D eigenvalue weighted by Crippen LogP contribution is 2.15. The van der Waals surface area contributed by atoms with Crippen LogP contribution in [-0.4, -0.2) is 34.7 Å². The number of nitrogens with zero attached hydrogens (tertiary/aromatic N) is 2. The summed E-state index contributed by atoms with van der Waals surface area (Å²) >= 11 is 0. The number of nitrogens with two attached hydrogens (primary N) is 1. The van der Waals surface area contributed by atoms with Gasteiger partial charge in [0.1, 0.15) is 0 Å². The highest BCUT2D eigenvalue weighted by molar-refractivity contribution is 5.99. The molecule has 7 heteroatoms. The Bertz CT molecular complexity index is 726. The second-order valence-corrected chi connectivity index (χ2v) is 6.29. The normalized spacial score (nSPS) is 10.5. The number of para-hydroxylation sites is 1. The van der Waals surface area contributed by atoms with Gasteiger partial charge < -0.3 is 16.4 Å². The summed E-state index contributed by atoms with van der Waals surface area (Å²) < 4.78 is 1.97. The summed E-state index contributed by atoms with van der Waals surface area (Å²) in [6.45, 7) is 4.00. The number of carbonyl (C=O) groups excluding carboxylic acids is 2. The number of anilines is 1. The smallest absolute Gasteiger partial charge is 0.253 e. The molecule has 0 aliphatic rings. The lowest BCUT2D eigenvalue weighted by molar-refractivity contribution is -0.117. The molecule has 0 aliphatic heterocycles. The van der Waals surface area contributed by atoms with E-state index in [2.05, 4.69) is 15.7 Å². The largest absolute Gasteiger partial charge is 0.384 e. The average Bonchev–Trinajstić information content (AvgIpc) is 3.03. The predicted octanol–water partition coefficient (Wildman–Crippen LogP) is 2.08. The van der Waals surface area contributed by atoms with E-state index < -0.39 is 5.91 Å². The van der Waals surface area contributed by atoms with Gasteiger partial charge in [-0.1, -0.05) is 12.1 Å². The fourth-order valence-corrected chi connectivity index (χ4v) is 2.62. The molecule has 0 saturated carbocycles. The molecule has 0 bridgehead atoms. The monoisotopic (exact) mass is 357 g/mol. The number of nitrogens with one attached hydrogen (secondary N) is 2. The van der Waals surface area contributed by atoms with Gasteiger partial charge in [0.25, 0.3) is 5.91 Å². The van der Waals surface area contributed by atoms with Crippen LogP contribution in [0.4, 0.5) is 5.69 Å². The molecule has 1 heterocycles. The van der Waals surface area contributed by atoms with E-state index in [1.807, 2.05) is 42.2 Å². The van der Waals surface area contributed by atoms with E-state index in [9.17, 15) is 9.59 Å². The molecule has 0 unspecified atom stereocenters.